The molecule has 0 aliphatic rings. The SMILES string of the molecule is c1ccc(N(c2ccccc2)c2ccc(-c3c4ccccc4c(-c4cccc5ccccc45)c4ccccc34)cc2)cc1. The van der Waals surface area contributed by atoms with Gasteiger partial charge in [-0.2, -0.15) is 0 Å². The number of nitrogens with zero attached hydrogens (tertiary/aromatic N) is 1. The van der Waals surface area contributed by atoms with E-state index >= 15 is 0 Å². The van der Waals surface area contributed by atoms with Gasteiger partial charge in [-0.25, -0.2) is 0 Å². The molecular weight excluding hydrogens is 518 g/mol. The molecule has 8 aromatic rings. The summed E-state index contributed by atoms with van der Waals surface area (Å²) in [6.45, 7) is 0. The number of hydrogen-bond donors (Lipinski definition) is 0. The van der Waals surface area contributed by atoms with Crippen LogP contribution in [0.25, 0.3) is 54.6 Å². The van der Waals surface area contributed by atoms with E-state index in [-0.39, 0.29) is 0 Å². The first kappa shape index (κ1) is 25.1. The standard InChI is InChI=1S/C42H29N/c1-3-16-32(17-4-1)43(33-18-5-2-6-19-33)34-28-26-31(27-29-34)41-37-21-9-11-23-39(37)42(40-24-12-10-22-38(40)41)36-25-13-15-30-14-7-8-20-35(30)36/h1-29H. The van der Waals surface area contributed by atoms with Crippen molar-refractivity contribution in [3.8, 4) is 22.3 Å². The number of hydrogen-bond acceptors (Lipinski definition) is 1. The van der Waals surface area contributed by atoms with Gasteiger partial charge in [0.25, 0.3) is 0 Å². The van der Waals surface area contributed by atoms with Crippen LogP contribution in [0.3, 0.4) is 0 Å². The van der Waals surface area contributed by atoms with Crippen molar-refractivity contribution >= 4 is 49.4 Å². The predicted octanol–water partition coefficient (Wildman–Crippen LogP) is 11.9. The topological polar surface area (TPSA) is 3.24 Å². The van der Waals surface area contributed by atoms with Crippen LogP contribution in [0.1, 0.15) is 0 Å². The lowest BCUT2D eigenvalue weighted by Crippen LogP contribution is -2.09. The molecule has 0 radical (unpaired) electrons. The molecule has 0 amide bonds. The van der Waals surface area contributed by atoms with Gasteiger partial charge in [0.1, 0.15) is 0 Å². The van der Waals surface area contributed by atoms with Crippen molar-refractivity contribution in [1.29, 1.82) is 0 Å². The average molecular weight is 548 g/mol. The van der Waals surface area contributed by atoms with Crippen LogP contribution in [-0.4, -0.2) is 0 Å². The van der Waals surface area contributed by atoms with Crippen molar-refractivity contribution in [2.75, 3.05) is 4.90 Å². The average Bonchev–Trinajstić information content (AvgIpc) is 3.08. The second kappa shape index (κ2) is 10.6. The van der Waals surface area contributed by atoms with E-state index in [0.29, 0.717) is 0 Å². The highest BCUT2D eigenvalue weighted by molar-refractivity contribution is 6.23. The molecule has 8 rings (SSSR count). The van der Waals surface area contributed by atoms with Crippen molar-refractivity contribution in [3.05, 3.63) is 176 Å². The lowest BCUT2D eigenvalue weighted by atomic mass is 9.85. The minimum atomic E-state index is 1.13. The van der Waals surface area contributed by atoms with Gasteiger partial charge in [0.2, 0.25) is 0 Å². The molecule has 0 aliphatic carbocycles. The molecule has 0 aliphatic heterocycles. The zero-order valence-corrected chi connectivity index (χ0v) is 23.7. The summed E-state index contributed by atoms with van der Waals surface area (Å²) >= 11 is 0. The molecule has 8 aromatic carbocycles. The van der Waals surface area contributed by atoms with E-state index in [2.05, 4.69) is 181 Å². The Balaban J connectivity index is 1.35. The number of benzene rings is 8. The Morgan fingerprint density at radius 1 is 0.279 bits per heavy atom. The zero-order valence-electron chi connectivity index (χ0n) is 23.7. The Labute approximate surface area is 251 Å². The molecular formula is C42H29N. The summed E-state index contributed by atoms with van der Waals surface area (Å²) in [5.74, 6) is 0. The van der Waals surface area contributed by atoms with E-state index < -0.39 is 0 Å². The summed E-state index contributed by atoms with van der Waals surface area (Å²) in [5, 5.41) is 7.60. The first-order valence-corrected chi connectivity index (χ1v) is 14.8. The second-order valence-electron chi connectivity index (χ2n) is 10.9. The van der Waals surface area contributed by atoms with Crippen LogP contribution in [0.2, 0.25) is 0 Å². The van der Waals surface area contributed by atoms with Crippen molar-refractivity contribution in [1.82, 2.24) is 0 Å². The second-order valence-corrected chi connectivity index (χ2v) is 10.9. The molecule has 0 fully saturated rings. The van der Waals surface area contributed by atoms with Gasteiger partial charge in [0, 0.05) is 17.1 Å². The summed E-state index contributed by atoms with van der Waals surface area (Å²) in [5.41, 5.74) is 8.45. The third-order valence-corrected chi connectivity index (χ3v) is 8.43. The van der Waals surface area contributed by atoms with Crippen LogP contribution in [-0.2, 0) is 0 Å². The van der Waals surface area contributed by atoms with Gasteiger partial charge in [0.05, 0.1) is 0 Å². The van der Waals surface area contributed by atoms with Gasteiger partial charge in [-0.15, -0.1) is 0 Å². The highest BCUT2D eigenvalue weighted by Crippen LogP contribution is 2.45. The molecule has 0 heterocycles. The van der Waals surface area contributed by atoms with Crippen molar-refractivity contribution < 1.29 is 0 Å². The summed E-state index contributed by atoms with van der Waals surface area (Å²) < 4.78 is 0. The van der Waals surface area contributed by atoms with Gasteiger partial charge in [0.15, 0.2) is 0 Å². The highest BCUT2D eigenvalue weighted by Gasteiger charge is 2.18. The fourth-order valence-electron chi connectivity index (χ4n) is 6.55. The van der Waals surface area contributed by atoms with Gasteiger partial charge in [-0.1, -0.05) is 140 Å². The van der Waals surface area contributed by atoms with Crippen LogP contribution >= 0.6 is 0 Å². The van der Waals surface area contributed by atoms with Gasteiger partial charge >= 0.3 is 0 Å². The summed E-state index contributed by atoms with van der Waals surface area (Å²) in [7, 11) is 0. The molecule has 0 bridgehead atoms. The largest absolute Gasteiger partial charge is 0.311 e. The van der Waals surface area contributed by atoms with Gasteiger partial charge < -0.3 is 4.90 Å². The van der Waals surface area contributed by atoms with Crippen LogP contribution < -0.4 is 4.90 Å². The van der Waals surface area contributed by atoms with Crippen LogP contribution in [0.5, 0.6) is 0 Å². The fourth-order valence-corrected chi connectivity index (χ4v) is 6.55. The highest BCUT2D eigenvalue weighted by atomic mass is 15.1. The third-order valence-electron chi connectivity index (χ3n) is 8.43. The molecule has 1 nitrogen and oxygen atoms in total. The predicted molar refractivity (Wildman–Crippen MR) is 185 cm³/mol. The quantitative estimate of drug-likeness (QED) is 0.194. The van der Waals surface area contributed by atoms with E-state index in [1.165, 1.54) is 54.6 Å². The Morgan fingerprint density at radius 3 is 1.26 bits per heavy atom. The smallest absolute Gasteiger partial charge is 0.0462 e. The lowest BCUT2D eigenvalue weighted by molar-refractivity contribution is 1.28. The molecule has 0 N–H and O–H groups in total. The van der Waals surface area contributed by atoms with Crippen LogP contribution in [0, 0.1) is 0 Å². The fraction of sp³-hybridized carbons (Fsp3) is 0. The monoisotopic (exact) mass is 547 g/mol. The first-order valence-electron chi connectivity index (χ1n) is 14.8. The van der Waals surface area contributed by atoms with E-state index in [1.54, 1.807) is 0 Å². The number of anilines is 3. The van der Waals surface area contributed by atoms with Crippen molar-refractivity contribution in [2.45, 2.75) is 0 Å². The molecule has 0 unspecified atom stereocenters. The van der Waals surface area contributed by atoms with E-state index in [0.717, 1.165) is 17.1 Å². The van der Waals surface area contributed by atoms with E-state index in [4.69, 9.17) is 0 Å². The number of fused-ring (bicyclic) bond motifs is 3. The van der Waals surface area contributed by atoms with E-state index in [1.807, 2.05) is 0 Å². The van der Waals surface area contributed by atoms with Gasteiger partial charge in [-0.3, -0.25) is 0 Å². The maximum Gasteiger partial charge on any atom is 0.0462 e. The van der Waals surface area contributed by atoms with Crippen LogP contribution in [0.4, 0.5) is 17.1 Å². The number of rotatable bonds is 5. The molecule has 0 spiro atoms. The zero-order chi connectivity index (χ0) is 28.6. The maximum absolute atomic E-state index is 2.31. The molecule has 0 atom stereocenters. The maximum atomic E-state index is 2.31. The number of para-hydroxylation sites is 2. The van der Waals surface area contributed by atoms with Crippen LogP contribution in [0.15, 0.2) is 176 Å². The molecule has 1 heteroatoms. The van der Waals surface area contributed by atoms with Crippen molar-refractivity contribution in [2.24, 2.45) is 0 Å². The molecule has 43 heavy (non-hydrogen) atoms. The minimum absolute atomic E-state index is 1.13. The normalized spacial score (nSPS) is 11.3. The van der Waals surface area contributed by atoms with E-state index in [9.17, 15) is 0 Å². The Kier molecular flexibility index (Phi) is 6.20. The first-order chi connectivity index (χ1) is 21.4. The van der Waals surface area contributed by atoms with Crippen molar-refractivity contribution in [3.63, 3.8) is 0 Å². The van der Waals surface area contributed by atoms with Gasteiger partial charge in [-0.05, 0) is 91.0 Å². The third kappa shape index (κ3) is 4.34. The Morgan fingerprint density at radius 2 is 0.698 bits per heavy atom. The Bertz CT molecular complexity index is 2110. The molecule has 202 valence electrons. The molecule has 0 saturated heterocycles. The summed E-state index contributed by atoms with van der Waals surface area (Å²) in [4.78, 5) is 2.31. The lowest BCUT2D eigenvalue weighted by Gasteiger charge is -2.25. The summed E-state index contributed by atoms with van der Waals surface area (Å²) in [6.07, 6.45) is 0. The molecule has 0 saturated carbocycles. The Hall–Kier alpha value is -5.66. The molecule has 0 aromatic heterocycles. The summed E-state index contributed by atoms with van der Waals surface area (Å²) in [6, 6.07) is 63.3. The minimum Gasteiger partial charge on any atom is -0.311 e.